The van der Waals surface area contributed by atoms with Gasteiger partial charge in [0.05, 0.1) is 18.0 Å². The zero-order valence-electron chi connectivity index (χ0n) is 19.7. The average Bonchev–Trinajstić information content (AvgIpc) is 3.31. The number of aromatic nitrogens is 2. The number of likely N-dealkylation sites (tertiary alicyclic amines) is 1. The Kier molecular flexibility index (Phi) is 7.46. The smallest absolute Gasteiger partial charge is 0.254 e. The third kappa shape index (κ3) is 5.35. The normalized spacial score (nSPS) is 16.4. The van der Waals surface area contributed by atoms with Crippen LogP contribution in [0, 0.1) is 11.3 Å². The summed E-state index contributed by atoms with van der Waals surface area (Å²) < 4.78 is 6.86. The highest BCUT2D eigenvalue weighted by Crippen LogP contribution is 2.35. The fourth-order valence-electron chi connectivity index (χ4n) is 4.60. The standard InChI is InChI=1S/C26H30N6O3/c1-35-25(34)21-10-6-5-7-19(21)17-31-15-12-26(11-14-27,13-16-31)32-18-22(23(28)33)24(30-32)29-20-8-3-2-4-9-20/h2-10,18,25,34H,11-13,15-17H2,1H3,(H2,28,33)(H,29,30). The first-order chi connectivity index (χ1) is 17.0. The van der Waals surface area contributed by atoms with Gasteiger partial charge in [-0.15, -0.1) is 0 Å². The molecule has 1 fully saturated rings. The van der Waals surface area contributed by atoms with Crippen molar-refractivity contribution in [2.75, 3.05) is 25.5 Å². The Labute approximate surface area is 204 Å². The molecule has 1 saturated heterocycles. The number of aliphatic hydroxyl groups excluding tert-OH is 1. The molecular weight excluding hydrogens is 444 g/mol. The van der Waals surface area contributed by atoms with E-state index in [4.69, 9.17) is 10.5 Å². The van der Waals surface area contributed by atoms with Crippen LogP contribution >= 0.6 is 0 Å². The largest absolute Gasteiger partial charge is 0.365 e. The molecule has 1 amide bonds. The van der Waals surface area contributed by atoms with Crippen LogP contribution in [-0.4, -0.2) is 45.9 Å². The zero-order valence-corrected chi connectivity index (χ0v) is 19.7. The fraction of sp³-hybridized carbons (Fsp3) is 0.346. The summed E-state index contributed by atoms with van der Waals surface area (Å²) in [5.74, 6) is -0.196. The maximum Gasteiger partial charge on any atom is 0.254 e. The number of aliphatic hydroxyl groups is 1. The number of anilines is 2. The number of methoxy groups -OCH3 is 1. The predicted octanol–water partition coefficient (Wildman–Crippen LogP) is 3.27. The summed E-state index contributed by atoms with van der Waals surface area (Å²) in [5, 5.41) is 27.7. The van der Waals surface area contributed by atoms with E-state index >= 15 is 0 Å². The van der Waals surface area contributed by atoms with Crippen molar-refractivity contribution >= 4 is 17.4 Å². The van der Waals surface area contributed by atoms with Gasteiger partial charge in [-0.05, 0) is 30.5 Å². The lowest BCUT2D eigenvalue weighted by Gasteiger charge is -2.41. The summed E-state index contributed by atoms with van der Waals surface area (Å²) >= 11 is 0. The molecule has 2 heterocycles. The first-order valence-corrected chi connectivity index (χ1v) is 11.6. The predicted molar refractivity (Wildman–Crippen MR) is 132 cm³/mol. The van der Waals surface area contributed by atoms with E-state index in [0.29, 0.717) is 25.2 Å². The van der Waals surface area contributed by atoms with Crippen LogP contribution < -0.4 is 11.1 Å². The Balaban J connectivity index is 1.54. The quantitative estimate of drug-likeness (QED) is 0.406. The van der Waals surface area contributed by atoms with Crippen molar-refractivity contribution in [2.24, 2.45) is 5.73 Å². The minimum atomic E-state index is -0.972. The molecule has 1 aliphatic rings. The van der Waals surface area contributed by atoms with Crippen LogP contribution in [0.2, 0.25) is 0 Å². The summed E-state index contributed by atoms with van der Waals surface area (Å²) in [7, 11) is 1.48. The SMILES string of the molecule is COC(O)c1ccccc1CN1CCC(CC#N)(n2cc(C(N)=O)c(Nc3ccccc3)n2)CC1. The average molecular weight is 475 g/mol. The van der Waals surface area contributed by atoms with Gasteiger partial charge >= 0.3 is 0 Å². The second-order valence-corrected chi connectivity index (χ2v) is 8.81. The van der Waals surface area contributed by atoms with E-state index in [0.717, 1.165) is 29.9 Å². The van der Waals surface area contributed by atoms with E-state index < -0.39 is 17.7 Å². The van der Waals surface area contributed by atoms with Crippen LogP contribution in [0.5, 0.6) is 0 Å². The molecule has 3 aromatic rings. The number of primary amides is 1. The van der Waals surface area contributed by atoms with E-state index in [1.165, 1.54) is 7.11 Å². The van der Waals surface area contributed by atoms with Gasteiger partial charge in [0.2, 0.25) is 0 Å². The third-order valence-corrected chi connectivity index (χ3v) is 6.64. The van der Waals surface area contributed by atoms with E-state index in [9.17, 15) is 15.2 Å². The number of nitrogens with one attached hydrogen (secondary N) is 1. The van der Waals surface area contributed by atoms with Gasteiger partial charge in [-0.3, -0.25) is 14.4 Å². The topological polar surface area (TPSA) is 129 Å². The number of ether oxygens (including phenoxy) is 1. The van der Waals surface area contributed by atoms with Crippen LogP contribution in [0.4, 0.5) is 11.5 Å². The third-order valence-electron chi connectivity index (χ3n) is 6.64. The lowest BCUT2D eigenvalue weighted by Crippen LogP contribution is -2.46. The van der Waals surface area contributed by atoms with Gasteiger partial charge in [-0.1, -0.05) is 42.5 Å². The molecule has 1 unspecified atom stereocenters. The molecular formula is C26H30N6O3. The molecule has 1 aromatic heterocycles. The molecule has 1 atom stereocenters. The van der Waals surface area contributed by atoms with E-state index in [1.807, 2.05) is 54.6 Å². The zero-order chi connectivity index (χ0) is 24.8. The van der Waals surface area contributed by atoms with Crippen molar-refractivity contribution in [1.82, 2.24) is 14.7 Å². The highest BCUT2D eigenvalue weighted by molar-refractivity contribution is 5.98. The Morgan fingerprint density at radius 2 is 1.91 bits per heavy atom. The van der Waals surface area contributed by atoms with E-state index in [-0.39, 0.29) is 12.0 Å². The Morgan fingerprint density at radius 3 is 2.57 bits per heavy atom. The van der Waals surface area contributed by atoms with Crippen molar-refractivity contribution in [2.45, 2.75) is 37.6 Å². The Bertz CT molecular complexity index is 1200. The van der Waals surface area contributed by atoms with E-state index in [2.05, 4.69) is 21.4 Å². The molecule has 0 saturated carbocycles. The van der Waals surface area contributed by atoms with Gasteiger partial charge in [0, 0.05) is 44.2 Å². The number of hydrogen-bond acceptors (Lipinski definition) is 7. The highest BCUT2D eigenvalue weighted by atomic mass is 16.6. The van der Waals surface area contributed by atoms with Crippen molar-refractivity contribution in [3.63, 3.8) is 0 Å². The number of nitrogens with two attached hydrogens (primary N) is 1. The van der Waals surface area contributed by atoms with E-state index in [1.54, 1.807) is 10.9 Å². The molecule has 9 nitrogen and oxygen atoms in total. The Hall–Kier alpha value is -3.71. The van der Waals surface area contributed by atoms with Crippen LogP contribution in [0.3, 0.4) is 0 Å². The monoisotopic (exact) mass is 474 g/mol. The van der Waals surface area contributed by atoms with Crippen molar-refractivity contribution in [3.8, 4) is 6.07 Å². The van der Waals surface area contributed by atoms with Crippen LogP contribution in [0.1, 0.15) is 47.0 Å². The van der Waals surface area contributed by atoms with Gasteiger partial charge < -0.3 is 20.9 Å². The van der Waals surface area contributed by atoms with Crippen molar-refractivity contribution in [3.05, 3.63) is 77.5 Å². The Morgan fingerprint density at radius 1 is 1.23 bits per heavy atom. The maximum atomic E-state index is 12.2. The summed E-state index contributed by atoms with van der Waals surface area (Å²) in [4.78, 5) is 14.5. The summed E-state index contributed by atoms with van der Waals surface area (Å²) in [6, 6.07) is 19.4. The lowest BCUT2D eigenvalue weighted by atomic mass is 9.84. The number of nitriles is 1. The first-order valence-electron chi connectivity index (χ1n) is 11.6. The minimum Gasteiger partial charge on any atom is -0.365 e. The second kappa shape index (κ2) is 10.7. The van der Waals surface area contributed by atoms with Crippen LogP contribution in [0.15, 0.2) is 60.8 Å². The number of para-hydroxylation sites is 1. The first kappa shape index (κ1) is 24.4. The molecule has 0 bridgehead atoms. The number of amides is 1. The van der Waals surface area contributed by atoms with Gasteiger partial charge in [0.1, 0.15) is 5.56 Å². The van der Waals surface area contributed by atoms with Gasteiger partial charge in [0.25, 0.3) is 5.91 Å². The number of hydrogen-bond donors (Lipinski definition) is 3. The van der Waals surface area contributed by atoms with Gasteiger partial charge in [-0.2, -0.15) is 10.4 Å². The molecule has 1 aliphatic heterocycles. The number of carbonyl (C=O) groups is 1. The fourth-order valence-corrected chi connectivity index (χ4v) is 4.60. The summed E-state index contributed by atoms with van der Waals surface area (Å²) in [6.07, 6.45) is 2.32. The molecule has 0 radical (unpaired) electrons. The minimum absolute atomic E-state index is 0.268. The van der Waals surface area contributed by atoms with Crippen LogP contribution in [0.25, 0.3) is 0 Å². The number of benzene rings is 2. The molecule has 4 N–H and O–H groups in total. The molecule has 4 rings (SSSR count). The number of piperidine rings is 1. The second-order valence-electron chi connectivity index (χ2n) is 8.81. The maximum absolute atomic E-state index is 12.2. The lowest BCUT2D eigenvalue weighted by molar-refractivity contribution is -0.0778. The summed E-state index contributed by atoms with van der Waals surface area (Å²) in [6.45, 7) is 2.12. The number of rotatable bonds is 9. The molecule has 182 valence electrons. The highest BCUT2D eigenvalue weighted by Gasteiger charge is 2.38. The van der Waals surface area contributed by atoms with Crippen molar-refractivity contribution < 1.29 is 14.6 Å². The molecule has 2 aromatic carbocycles. The molecule has 0 aliphatic carbocycles. The molecule has 9 heteroatoms. The van der Waals surface area contributed by atoms with Crippen molar-refractivity contribution in [1.29, 1.82) is 5.26 Å². The van der Waals surface area contributed by atoms with Crippen LogP contribution in [-0.2, 0) is 16.8 Å². The number of carbonyl (C=O) groups excluding carboxylic acids is 1. The number of nitrogens with zero attached hydrogens (tertiary/aromatic N) is 4. The molecule has 35 heavy (non-hydrogen) atoms. The molecule has 0 spiro atoms. The summed E-state index contributed by atoms with van der Waals surface area (Å²) in [5.41, 5.74) is 7.93. The van der Waals surface area contributed by atoms with Gasteiger partial charge in [0.15, 0.2) is 12.1 Å². The van der Waals surface area contributed by atoms with Gasteiger partial charge in [-0.25, -0.2) is 0 Å².